The largest absolute Gasteiger partial charge is 0.444 e. The highest BCUT2D eigenvalue weighted by Crippen LogP contribution is 2.28. The predicted molar refractivity (Wildman–Crippen MR) is 156 cm³/mol. The Morgan fingerprint density at radius 3 is 2.33 bits per heavy atom. The summed E-state index contributed by atoms with van der Waals surface area (Å²) in [6, 6.07) is 5.59. The van der Waals surface area contributed by atoms with Gasteiger partial charge in [-0.3, -0.25) is 9.59 Å². The van der Waals surface area contributed by atoms with Crippen LogP contribution in [0.2, 0.25) is 0 Å². The topological polar surface area (TPSA) is 87.7 Å². The first kappa shape index (κ1) is 32.2. The van der Waals surface area contributed by atoms with Gasteiger partial charge >= 0.3 is 6.09 Å². The number of alkyl carbamates (subject to hydrolysis) is 1. The van der Waals surface area contributed by atoms with E-state index >= 15 is 0 Å². The molecule has 7 heteroatoms. The highest BCUT2D eigenvalue weighted by Gasteiger charge is 2.36. The monoisotopic (exact) mass is 539 g/mol. The fourth-order valence-corrected chi connectivity index (χ4v) is 5.07. The van der Waals surface area contributed by atoms with E-state index in [1.54, 1.807) is 38.7 Å². The first-order valence-corrected chi connectivity index (χ1v) is 14.7. The summed E-state index contributed by atoms with van der Waals surface area (Å²) >= 11 is 0. The van der Waals surface area contributed by atoms with E-state index in [1.165, 1.54) is 12.8 Å². The summed E-state index contributed by atoms with van der Waals surface area (Å²) in [5.41, 5.74) is 0.506. The van der Waals surface area contributed by atoms with E-state index in [0.717, 1.165) is 57.8 Å². The van der Waals surface area contributed by atoms with Crippen LogP contribution in [0.1, 0.15) is 122 Å². The molecule has 216 valence electrons. The van der Waals surface area contributed by atoms with Crippen LogP contribution in [-0.2, 0) is 14.3 Å². The average Bonchev–Trinajstić information content (AvgIpc) is 2.89. The Hall–Kier alpha value is -3.01. The van der Waals surface area contributed by atoms with Gasteiger partial charge in [0.2, 0.25) is 11.8 Å². The highest BCUT2D eigenvalue weighted by atomic mass is 16.6. The van der Waals surface area contributed by atoms with Crippen molar-refractivity contribution >= 4 is 17.9 Å². The number of amides is 3. The number of nitrogens with one attached hydrogen (secondary N) is 2. The number of unbranched alkanes of at least 4 members (excludes halogenated alkanes) is 5. The van der Waals surface area contributed by atoms with Crippen molar-refractivity contribution in [3.05, 3.63) is 35.4 Å². The number of nitrogens with zero attached hydrogens (tertiary/aromatic N) is 1. The molecule has 0 heterocycles. The van der Waals surface area contributed by atoms with Gasteiger partial charge < -0.3 is 20.3 Å². The molecular weight excluding hydrogens is 490 g/mol. The van der Waals surface area contributed by atoms with Gasteiger partial charge in [0.25, 0.3) is 0 Å². The molecule has 0 saturated heterocycles. The van der Waals surface area contributed by atoms with Crippen molar-refractivity contribution in [2.75, 3.05) is 6.54 Å². The zero-order valence-electron chi connectivity index (χ0n) is 24.7. The van der Waals surface area contributed by atoms with Gasteiger partial charge in [-0.1, -0.05) is 82.4 Å². The molecule has 0 aliphatic heterocycles. The number of terminal acetylenes is 1. The van der Waals surface area contributed by atoms with Crippen molar-refractivity contribution in [3.63, 3.8) is 0 Å². The van der Waals surface area contributed by atoms with E-state index in [0.29, 0.717) is 17.7 Å². The Morgan fingerprint density at radius 1 is 1.05 bits per heavy atom. The number of carbonyl (C=O) groups excluding carboxylic acids is 3. The molecule has 39 heavy (non-hydrogen) atoms. The molecule has 1 saturated carbocycles. The number of benzene rings is 1. The van der Waals surface area contributed by atoms with Crippen LogP contribution < -0.4 is 10.6 Å². The molecule has 0 radical (unpaired) electrons. The quantitative estimate of drug-likeness (QED) is 0.229. The van der Waals surface area contributed by atoms with Gasteiger partial charge in [0, 0.05) is 18.2 Å². The molecule has 0 bridgehead atoms. The van der Waals surface area contributed by atoms with Crippen LogP contribution >= 0.6 is 0 Å². The number of rotatable bonds is 13. The van der Waals surface area contributed by atoms with Crippen LogP contribution in [0.3, 0.4) is 0 Å². The second-order valence-corrected chi connectivity index (χ2v) is 11.6. The third-order valence-electron chi connectivity index (χ3n) is 7.06. The van der Waals surface area contributed by atoms with Crippen molar-refractivity contribution in [1.82, 2.24) is 15.5 Å². The molecule has 3 amide bonds. The Balaban J connectivity index is 2.38. The smallest absolute Gasteiger partial charge is 0.408 e. The van der Waals surface area contributed by atoms with Gasteiger partial charge in [0.15, 0.2) is 0 Å². The van der Waals surface area contributed by atoms with Crippen molar-refractivity contribution in [2.45, 2.75) is 129 Å². The normalized spacial score (nSPS) is 15.5. The first-order valence-electron chi connectivity index (χ1n) is 14.7. The Bertz CT molecular complexity index is 972. The lowest BCUT2D eigenvalue weighted by Gasteiger charge is -2.35. The molecule has 2 atom stereocenters. The number of hydrogen-bond donors (Lipinski definition) is 2. The molecule has 1 aromatic carbocycles. The minimum atomic E-state index is -0.898. The van der Waals surface area contributed by atoms with Crippen LogP contribution in [0.5, 0.6) is 0 Å². The molecule has 1 aliphatic carbocycles. The Kier molecular flexibility index (Phi) is 13.4. The van der Waals surface area contributed by atoms with Crippen molar-refractivity contribution < 1.29 is 19.1 Å². The lowest BCUT2D eigenvalue weighted by atomic mass is 9.93. The minimum Gasteiger partial charge on any atom is -0.444 e. The second-order valence-electron chi connectivity index (χ2n) is 11.6. The Morgan fingerprint density at radius 2 is 1.69 bits per heavy atom. The van der Waals surface area contributed by atoms with Crippen LogP contribution in [0.25, 0.3) is 0 Å². The van der Waals surface area contributed by atoms with Crippen LogP contribution in [0.4, 0.5) is 4.79 Å². The zero-order chi connectivity index (χ0) is 28.8. The van der Waals surface area contributed by atoms with E-state index in [4.69, 9.17) is 11.2 Å². The fraction of sp³-hybridized carbons (Fsp3) is 0.656. The summed E-state index contributed by atoms with van der Waals surface area (Å²) < 4.78 is 5.38. The molecule has 1 aromatic rings. The lowest BCUT2D eigenvalue weighted by Crippen LogP contribution is -2.53. The van der Waals surface area contributed by atoms with E-state index in [1.807, 2.05) is 18.2 Å². The number of hydrogen-bond acceptors (Lipinski definition) is 4. The molecule has 2 unspecified atom stereocenters. The zero-order valence-corrected chi connectivity index (χ0v) is 24.7. The average molecular weight is 540 g/mol. The molecule has 2 N–H and O–H groups in total. The molecule has 2 rings (SSSR count). The molecule has 7 nitrogen and oxygen atoms in total. The standard InChI is InChI=1S/C32H49N3O4/c1-7-9-10-11-12-18-23-35(30(37)24(3)33-31(38)39-32(4,5)6)28(27-22-17-16-19-25(27)8-2)29(36)34-26-20-14-13-15-21-26/h2,16-17,19,22,24,26,28H,7,9-15,18,20-21,23H2,1,3-6H3,(H,33,38)(H,34,36). The van der Waals surface area contributed by atoms with Gasteiger partial charge in [0.05, 0.1) is 0 Å². The molecule has 0 aromatic heterocycles. The summed E-state index contributed by atoms with van der Waals surface area (Å²) in [6.45, 7) is 9.50. The van der Waals surface area contributed by atoms with Crippen molar-refractivity contribution in [3.8, 4) is 12.3 Å². The van der Waals surface area contributed by atoms with E-state index in [-0.39, 0.29) is 17.9 Å². The number of carbonyl (C=O) groups is 3. The third kappa shape index (κ3) is 10.9. The summed E-state index contributed by atoms with van der Waals surface area (Å²) in [5, 5.41) is 5.89. The van der Waals surface area contributed by atoms with Gasteiger partial charge in [-0.25, -0.2) is 4.79 Å². The molecule has 1 aliphatic rings. The SMILES string of the molecule is C#Cc1ccccc1C(C(=O)NC1CCCCC1)N(CCCCCCCC)C(=O)C(C)NC(=O)OC(C)(C)C. The summed E-state index contributed by atoms with van der Waals surface area (Å²) in [4.78, 5) is 42.0. The summed E-state index contributed by atoms with van der Waals surface area (Å²) in [7, 11) is 0. The Labute approximate surface area is 235 Å². The van der Waals surface area contributed by atoms with Gasteiger partial charge in [-0.15, -0.1) is 6.42 Å². The summed E-state index contributed by atoms with van der Waals surface area (Å²) in [6.07, 6.45) is 16.6. The van der Waals surface area contributed by atoms with Crippen LogP contribution in [0, 0.1) is 12.3 Å². The molecule has 0 spiro atoms. The summed E-state index contributed by atoms with van der Waals surface area (Å²) in [5.74, 6) is 2.13. The lowest BCUT2D eigenvalue weighted by molar-refractivity contribution is -0.142. The maximum absolute atomic E-state index is 13.9. The number of ether oxygens (including phenoxy) is 1. The van der Waals surface area contributed by atoms with Crippen LogP contribution in [-0.4, -0.2) is 47.0 Å². The minimum absolute atomic E-state index is 0.0788. The van der Waals surface area contributed by atoms with Crippen molar-refractivity contribution in [2.24, 2.45) is 0 Å². The fourth-order valence-electron chi connectivity index (χ4n) is 5.07. The van der Waals surface area contributed by atoms with E-state index < -0.39 is 23.8 Å². The highest BCUT2D eigenvalue weighted by molar-refractivity contribution is 5.92. The maximum Gasteiger partial charge on any atom is 0.408 e. The van der Waals surface area contributed by atoms with Gasteiger partial charge in [0.1, 0.15) is 17.7 Å². The van der Waals surface area contributed by atoms with E-state index in [9.17, 15) is 14.4 Å². The van der Waals surface area contributed by atoms with Gasteiger partial charge in [-0.2, -0.15) is 0 Å². The first-order chi connectivity index (χ1) is 18.6. The van der Waals surface area contributed by atoms with Crippen LogP contribution in [0.15, 0.2) is 24.3 Å². The van der Waals surface area contributed by atoms with E-state index in [2.05, 4.69) is 23.5 Å². The molecular formula is C32H49N3O4. The third-order valence-corrected chi connectivity index (χ3v) is 7.06. The molecule has 1 fully saturated rings. The van der Waals surface area contributed by atoms with Gasteiger partial charge in [-0.05, 0) is 58.6 Å². The van der Waals surface area contributed by atoms with Crippen molar-refractivity contribution in [1.29, 1.82) is 0 Å². The predicted octanol–water partition coefficient (Wildman–Crippen LogP) is 6.26. The maximum atomic E-state index is 13.9. The second kappa shape index (κ2) is 16.2.